The molecule has 21 heavy (non-hydrogen) atoms. The van der Waals surface area contributed by atoms with Crippen LogP contribution in [-0.2, 0) is 24.6 Å². The standard InChI is InChI=1S/C16H28BrN3O/c1-4-14-16(17)15(20(3)19-14)11-12(18-5-2)10-13-8-6-7-9-21-13/h12-13,18H,4-11H2,1-3H3. The molecule has 1 aliphatic heterocycles. The van der Waals surface area contributed by atoms with E-state index < -0.39 is 0 Å². The lowest BCUT2D eigenvalue weighted by molar-refractivity contribution is 0.00524. The van der Waals surface area contributed by atoms with Crippen LogP contribution in [0.1, 0.15) is 50.9 Å². The van der Waals surface area contributed by atoms with E-state index in [2.05, 4.69) is 40.2 Å². The van der Waals surface area contributed by atoms with E-state index in [1.807, 2.05) is 11.7 Å². The number of aryl methyl sites for hydroxylation is 2. The predicted molar refractivity (Wildman–Crippen MR) is 89.7 cm³/mol. The molecule has 0 aliphatic carbocycles. The largest absolute Gasteiger partial charge is 0.378 e. The Morgan fingerprint density at radius 2 is 2.24 bits per heavy atom. The second-order valence-corrected chi connectivity index (χ2v) is 6.66. The second kappa shape index (κ2) is 8.30. The molecule has 1 saturated heterocycles. The van der Waals surface area contributed by atoms with Crippen molar-refractivity contribution in [1.29, 1.82) is 0 Å². The Morgan fingerprint density at radius 3 is 2.81 bits per heavy atom. The van der Waals surface area contributed by atoms with E-state index >= 15 is 0 Å². The summed E-state index contributed by atoms with van der Waals surface area (Å²) in [6.07, 6.45) is 7.19. The van der Waals surface area contributed by atoms with Crippen molar-refractivity contribution in [3.8, 4) is 0 Å². The minimum atomic E-state index is 0.417. The van der Waals surface area contributed by atoms with E-state index in [0.717, 1.165) is 38.1 Å². The first-order valence-corrected chi connectivity index (χ1v) is 9.00. The lowest BCUT2D eigenvalue weighted by atomic mass is 9.98. The average Bonchev–Trinajstić information content (AvgIpc) is 2.76. The minimum absolute atomic E-state index is 0.417. The lowest BCUT2D eigenvalue weighted by Crippen LogP contribution is -2.36. The van der Waals surface area contributed by atoms with Gasteiger partial charge in [-0.15, -0.1) is 0 Å². The van der Waals surface area contributed by atoms with Crippen LogP contribution in [0.2, 0.25) is 0 Å². The Morgan fingerprint density at radius 1 is 1.43 bits per heavy atom. The van der Waals surface area contributed by atoms with E-state index in [9.17, 15) is 0 Å². The van der Waals surface area contributed by atoms with Gasteiger partial charge in [-0.05, 0) is 54.6 Å². The van der Waals surface area contributed by atoms with Gasteiger partial charge in [-0.3, -0.25) is 4.68 Å². The summed E-state index contributed by atoms with van der Waals surface area (Å²) in [5.74, 6) is 0. The van der Waals surface area contributed by atoms with Gasteiger partial charge in [0.1, 0.15) is 0 Å². The van der Waals surface area contributed by atoms with Gasteiger partial charge in [-0.25, -0.2) is 0 Å². The highest BCUT2D eigenvalue weighted by molar-refractivity contribution is 9.10. The highest BCUT2D eigenvalue weighted by Gasteiger charge is 2.22. The first-order chi connectivity index (χ1) is 10.2. The van der Waals surface area contributed by atoms with E-state index in [-0.39, 0.29) is 0 Å². The Bertz CT molecular complexity index is 441. The second-order valence-electron chi connectivity index (χ2n) is 5.87. The van der Waals surface area contributed by atoms with Crippen LogP contribution >= 0.6 is 15.9 Å². The summed E-state index contributed by atoms with van der Waals surface area (Å²) in [7, 11) is 2.04. The number of likely N-dealkylation sites (N-methyl/N-ethyl adjacent to an activating group) is 1. The minimum Gasteiger partial charge on any atom is -0.378 e. The number of aromatic nitrogens is 2. The van der Waals surface area contributed by atoms with Gasteiger partial charge in [-0.2, -0.15) is 5.10 Å². The molecule has 0 saturated carbocycles. The molecule has 1 aliphatic rings. The lowest BCUT2D eigenvalue weighted by Gasteiger charge is -2.27. The number of nitrogens with zero attached hydrogens (tertiary/aromatic N) is 2. The van der Waals surface area contributed by atoms with E-state index in [1.165, 1.54) is 29.4 Å². The van der Waals surface area contributed by atoms with Crippen molar-refractivity contribution in [3.05, 3.63) is 15.9 Å². The van der Waals surface area contributed by atoms with Crippen molar-refractivity contribution in [2.45, 2.75) is 64.5 Å². The monoisotopic (exact) mass is 357 g/mol. The van der Waals surface area contributed by atoms with Crippen LogP contribution in [-0.4, -0.2) is 35.1 Å². The molecule has 0 aromatic carbocycles. The molecule has 1 aromatic rings. The zero-order valence-corrected chi connectivity index (χ0v) is 15.1. The van der Waals surface area contributed by atoms with Crippen molar-refractivity contribution in [1.82, 2.24) is 15.1 Å². The smallest absolute Gasteiger partial charge is 0.0766 e. The number of ether oxygens (including phenoxy) is 1. The molecule has 4 nitrogen and oxygen atoms in total. The van der Waals surface area contributed by atoms with Crippen LogP contribution in [0.3, 0.4) is 0 Å². The summed E-state index contributed by atoms with van der Waals surface area (Å²) in [6.45, 7) is 6.24. The van der Waals surface area contributed by atoms with E-state index in [4.69, 9.17) is 4.74 Å². The molecule has 0 amide bonds. The van der Waals surface area contributed by atoms with Gasteiger partial charge in [0.25, 0.3) is 0 Å². The number of hydrogen-bond acceptors (Lipinski definition) is 3. The van der Waals surface area contributed by atoms with Gasteiger partial charge in [0.05, 0.1) is 22.0 Å². The SMILES string of the molecule is CCNC(Cc1c(Br)c(CC)nn1C)CC1CCCCO1. The number of nitrogens with one attached hydrogen (secondary N) is 1. The van der Waals surface area contributed by atoms with Crippen LogP contribution in [0.4, 0.5) is 0 Å². The summed E-state index contributed by atoms with van der Waals surface area (Å²) in [4.78, 5) is 0. The third kappa shape index (κ3) is 4.54. The van der Waals surface area contributed by atoms with E-state index in [1.54, 1.807) is 0 Å². The predicted octanol–water partition coefficient (Wildman–Crippen LogP) is 3.22. The highest BCUT2D eigenvalue weighted by atomic mass is 79.9. The first kappa shape index (κ1) is 17.0. The molecule has 2 unspecified atom stereocenters. The molecule has 5 heteroatoms. The molecule has 2 heterocycles. The third-order valence-corrected chi connectivity index (χ3v) is 5.17. The van der Waals surface area contributed by atoms with E-state index in [0.29, 0.717) is 12.1 Å². The Balaban J connectivity index is 2.03. The molecule has 0 radical (unpaired) electrons. The third-order valence-electron chi connectivity index (χ3n) is 4.26. The maximum absolute atomic E-state index is 5.91. The normalized spacial score (nSPS) is 20.7. The molecule has 1 fully saturated rings. The number of halogens is 1. The zero-order chi connectivity index (χ0) is 15.2. The molecule has 1 N–H and O–H groups in total. The van der Waals surface area contributed by atoms with Gasteiger partial charge in [0, 0.05) is 26.1 Å². The van der Waals surface area contributed by atoms with Crippen molar-refractivity contribution in [2.75, 3.05) is 13.2 Å². The topological polar surface area (TPSA) is 39.1 Å². The maximum Gasteiger partial charge on any atom is 0.0766 e. The fourth-order valence-corrected chi connectivity index (χ4v) is 3.89. The van der Waals surface area contributed by atoms with Gasteiger partial charge in [0.2, 0.25) is 0 Å². The van der Waals surface area contributed by atoms with Crippen LogP contribution in [0.5, 0.6) is 0 Å². The first-order valence-electron chi connectivity index (χ1n) is 8.20. The van der Waals surface area contributed by atoms with Crippen LogP contribution in [0.25, 0.3) is 0 Å². The molecule has 120 valence electrons. The van der Waals surface area contributed by atoms with Gasteiger partial charge in [0.15, 0.2) is 0 Å². The Kier molecular flexibility index (Phi) is 6.71. The maximum atomic E-state index is 5.91. The summed E-state index contributed by atoms with van der Waals surface area (Å²) >= 11 is 3.72. The summed E-state index contributed by atoms with van der Waals surface area (Å²) in [6, 6.07) is 0.453. The fraction of sp³-hybridized carbons (Fsp3) is 0.812. The molecular weight excluding hydrogens is 330 g/mol. The quantitative estimate of drug-likeness (QED) is 0.814. The van der Waals surface area contributed by atoms with Crippen molar-refractivity contribution in [2.24, 2.45) is 7.05 Å². The average molecular weight is 358 g/mol. The highest BCUT2D eigenvalue weighted by Crippen LogP contribution is 2.25. The van der Waals surface area contributed by atoms with Gasteiger partial charge >= 0.3 is 0 Å². The summed E-state index contributed by atoms with van der Waals surface area (Å²) < 4.78 is 9.11. The molecule has 0 bridgehead atoms. The van der Waals surface area contributed by atoms with Gasteiger partial charge < -0.3 is 10.1 Å². The molecule has 1 aromatic heterocycles. The van der Waals surface area contributed by atoms with Crippen molar-refractivity contribution >= 4 is 15.9 Å². The Labute approximate surface area is 136 Å². The molecular formula is C16H28BrN3O. The summed E-state index contributed by atoms with van der Waals surface area (Å²) in [5, 5.41) is 8.22. The number of rotatable bonds is 7. The van der Waals surface area contributed by atoms with Crippen molar-refractivity contribution < 1.29 is 4.74 Å². The molecule has 0 spiro atoms. The number of hydrogen-bond donors (Lipinski definition) is 1. The Hall–Kier alpha value is -0.390. The van der Waals surface area contributed by atoms with Crippen LogP contribution in [0.15, 0.2) is 4.47 Å². The van der Waals surface area contributed by atoms with Gasteiger partial charge in [-0.1, -0.05) is 13.8 Å². The molecule has 2 rings (SSSR count). The fourth-order valence-electron chi connectivity index (χ4n) is 3.11. The van der Waals surface area contributed by atoms with Crippen LogP contribution < -0.4 is 5.32 Å². The van der Waals surface area contributed by atoms with Crippen molar-refractivity contribution in [3.63, 3.8) is 0 Å². The summed E-state index contributed by atoms with van der Waals surface area (Å²) in [5.41, 5.74) is 2.44. The van der Waals surface area contributed by atoms with Crippen LogP contribution in [0, 0.1) is 0 Å². The molecule has 2 atom stereocenters. The zero-order valence-electron chi connectivity index (χ0n) is 13.5.